The molecule has 7 nitrogen and oxygen atoms in total. The highest BCUT2D eigenvalue weighted by atomic mass is 16.6. The van der Waals surface area contributed by atoms with Crippen LogP contribution in [0.15, 0.2) is 0 Å². The van der Waals surface area contributed by atoms with Gasteiger partial charge in [0, 0.05) is 24.3 Å². The number of aromatic nitrogens is 2. The molecule has 0 bridgehead atoms. The van der Waals surface area contributed by atoms with Crippen molar-refractivity contribution >= 4 is 12.1 Å². The second kappa shape index (κ2) is 5.38. The second-order valence-electron chi connectivity index (χ2n) is 6.29. The number of fused-ring (bicyclic) bond motifs is 1. The van der Waals surface area contributed by atoms with E-state index >= 15 is 0 Å². The van der Waals surface area contributed by atoms with Crippen LogP contribution in [-0.4, -0.2) is 38.6 Å². The van der Waals surface area contributed by atoms with Crippen LogP contribution in [-0.2, 0) is 24.6 Å². The predicted molar refractivity (Wildman–Crippen MR) is 75.4 cm³/mol. The van der Waals surface area contributed by atoms with Gasteiger partial charge in [0.1, 0.15) is 5.60 Å². The summed E-state index contributed by atoms with van der Waals surface area (Å²) in [6.07, 6.45) is 1.42. The molecule has 1 aliphatic rings. The van der Waals surface area contributed by atoms with Crippen LogP contribution in [0.3, 0.4) is 0 Å². The standard InChI is InChI=1S/C14H21N3O4/c1-14(2,3)21-13(20)15-8-5-6-10-9(7-8)11(12(18)19)16-17(10)4/h8H,5-7H2,1-4H3,(H,15,20)(H,18,19)/t8-/m1/s1. The Bertz CT molecular complexity index is 572. The summed E-state index contributed by atoms with van der Waals surface area (Å²) in [4.78, 5) is 23.0. The molecule has 0 aliphatic heterocycles. The van der Waals surface area contributed by atoms with E-state index < -0.39 is 17.7 Å². The summed E-state index contributed by atoms with van der Waals surface area (Å²) in [5.74, 6) is -1.04. The Morgan fingerprint density at radius 3 is 2.67 bits per heavy atom. The Hall–Kier alpha value is -2.05. The maximum absolute atomic E-state index is 11.8. The molecule has 0 aromatic carbocycles. The maximum atomic E-state index is 11.8. The van der Waals surface area contributed by atoms with Gasteiger partial charge < -0.3 is 15.2 Å². The number of nitrogens with zero attached hydrogens (tertiary/aromatic N) is 2. The molecular weight excluding hydrogens is 274 g/mol. The van der Waals surface area contributed by atoms with Gasteiger partial charge in [0.15, 0.2) is 5.69 Å². The van der Waals surface area contributed by atoms with Crippen molar-refractivity contribution in [3.8, 4) is 0 Å². The quantitative estimate of drug-likeness (QED) is 0.862. The minimum atomic E-state index is -1.04. The van der Waals surface area contributed by atoms with Gasteiger partial charge in [-0.25, -0.2) is 9.59 Å². The number of rotatable bonds is 2. The van der Waals surface area contributed by atoms with Crippen molar-refractivity contribution in [2.24, 2.45) is 7.05 Å². The summed E-state index contributed by atoms with van der Waals surface area (Å²) in [6.45, 7) is 5.40. The number of hydrogen-bond acceptors (Lipinski definition) is 4. The molecule has 1 atom stereocenters. The fourth-order valence-corrected chi connectivity index (χ4v) is 2.56. The third-order valence-corrected chi connectivity index (χ3v) is 3.38. The maximum Gasteiger partial charge on any atom is 0.407 e. The monoisotopic (exact) mass is 295 g/mol. The number of carboxylic acid groups (broad SMARTS) is 1. The highest BCUT2D eigenvalue weighted by Gasteiger charge is 2.29. The molecule has 1 amide bonds. The average molecular weight is 295 g/mol. The zero-order valence-corrected chi connectivity index (χ0v) is 12.8. The molecule has 0 fully saturated rings. The lowest BCUT2D eigenvalue weighted by Crippen LogP contribution is -2.42. The molecule has 0 unspecified atom stereocenters. The van der Waals surface area contributed by atoms with Gasteiger partial charge in [0.05, 0.1) is 0 Å². The Balaban J connectivity index is 2.09. The lowest BCUT2D eigenvalue weighted by Gasteiger charge is -2.26. The molecule has 1 aliphatic carbocycles. The van der Waals surface area contributed by atoms with E-state index in [1.807, 2.05) is 0 Å². The largest absolute Gasteiger partial charge is 0.476 e. The SMILES string of the molecule is Cn1nc(C(=O)O)c2c1CC[C@@H](NC(=O)OC(C)(C)C)C2. The number of carboxylic acids is 1. The molecule has 1 heterocycles. The Morgan fingerprint density at radius 2 is 2.10 bits per heavy atom. The molecule has 0 saturated heterocycles. The van der Waals surface area contributed by atoms with Crippen molar-refractivity contribution in [2.75, 3.05) is 0 Å². The van der Waals surface area contributed by atoms with Gasteiger partial charge in [-0.15, -0.1) is 0 Å². The lowest BCUT2D eigenvalue weighted by atomic mass is 9.91. The number of aryl methyl sites for hydroxylation is 1. The smallest absolute Gasteiger partial charge is 0.407 e. The molecule has 116 valence electrons. The topological polar surface area (TPSA) is 93.5 Å². The molecule has 7 heteroatoms. The minimum Gasteiger partial charge on any atom is -0.476 e. The van der Waals surface area contributed by atoms with E-state index in [9.17, 15) is 14.7 Å². The summed E-state index contributed by atoms with van der Waals surface area (Å²) in [7, 11) is 1.74. The molecule has 21 heavy (non-hydrogen) atoms. The van der Waals surface area contributed by atoms with E-state index in [1.165, 1.54) is 0 Å². The number of hydrogen-bond donors (Lipinski definition) is 2. The molecular formula is C14H21N3O4. The lowest BCUT2D eigenvalue weighted by molar-refractivity contribution is 0.0500. The van der Waals surface area contributed by atoms with Crippen molar-refractivity contribution in [3.05, 3.63) is 17.0 Å². The summed E-state index contributed by atoms with van der Waals surface area (Å²) < 4.78 is 6.84. The number of amides is 1. The summed E-state index contributed by atoms with van der Waals surface area (Å²) >= 11 is 0. The van der Waals surface area contributed by atoms with Crippen molar-refractivity contribution in [2.45, 2.75) is 51.7 Å². The molecule has 2 N–H and O–H groups in total. The van der Waals surface area contributed by atoms with E-state index in [0.717, 1.165) is 12.1 Å². The van der Waals surface area contributed by atoms with Crippen molar-refractivity contribution in [1.29, 1.82) is 0 Å². The van der Waals surface area contributed by atoms with Gasteiger partial charge >= 0.3 is 12.1 Å². The van der Waals surface area contributed by atoms with E-state index in [0.29, 0.717) is 18.4 Å². The van der Waals surface area contributed by atoms with Gasteiger partial charge in [0.25, 0.3) is 0 Å². The van der Waals surface area contributed by atoms with Crippen LogP contribution in [0.1, 0.15) is 48.9 Å². The van der Waals surface area contributed by atoms with Gasteiger partial charge in [-0.3, -0.25) is 4.68 Å². The van der Waals surface area contributed by atoms with Crippen molar-refractivity contribution in [3.63, 3.8) is 0 Å². The Labute approximate surface area is 123 Å². The minimum absolute atomic E-state index is 0.0724. The normalized spacial score (nSPS) is 18.0. The Morgan fingerprint density at radius 1 is 1.43 bits per heavy atom. The fraction of sp³-hybridized carbons (Fsp3) is 0.643. The molecule has 2 rings (SSSR count). The highest BCUT2D eigenvalue weighted by molar-refractivity contribution is 5.87. The zero-order valence-electron chi connectivity index (χ0n) is 12.8. The predicted octanol–water partition coefficient (Wildman–Crippen LogP) is 1.50. The van der Waals surface area contributed by atoms with Crippen LogP contribution in [0.2, 0.25) is 0 Å². The van der Waals surface area contributed by atoms with Gasteiger partial charge in [-0.1, -0.05) is 0 Å². The van der Waals surface area contributed by atoms with Gasteiger partial charge in [0.2, 0.25) is 0 Å². The third-order valence-electron chi connectivity index (χ3n) is 3.38. The molecule has 0 spiro atoms. The number of aromatic carboxylic acids is 1. The number of carbonyl (C=O) groups excluding carboxylic acids is 1. The fourth-order valence-electron chi connectivity index (χ4n) is 2.56. The molecule has 1 aromatic rings. The summed E-state index contributed by atoms with van der Waals surface area (Å²) in [6, 6.07) is -0.130. The number of nitrogens with one attached hydrogen (secondary N) is 1. The number of alkyl carbamates (subject to hydrolysis) is 1. The first-order valence-electron chi connectivity index (χ1n) is 6.95. The van der Waals surface area contributed by atoms with Crippen LogP contribution < -0.4 is 5.32 Å². The first kappa shape index (κ1) is 15.3. The van der Waals surface area contributed by atoms with E-state index in [-0.39, 0.29) is 11.7 Å². The number of carbonyl (C=O) groups is 2. The van der Waals surface area contributed by atoms with Gasteiger partial charge in [-0.05, 0) is 40.0 Å². The average Bonchev–Trinajstić information content (AvgIpc) is 2.64. The number of ether oxygens (including phenoxy) is 1. The highest BCUT2D eigenvalue weighted by Crippen LogP contribution is 2.24. The summed E-state index contributed by atoms with van der Waals surface area (Å²) in [5, 5.41) is 16.0. The van der Waals surface area contributed by atoms with E-state index in [4.69, 9.17) is 4.74 Å². The van der Waals surface area contributed by atoms with Crippen molar-refractivity contribution in [1.82, 2.24) is 15.1 Å². The molecule has 0 saturated carbocycles. The first-order chi connectivity index (χ1) is 9.67. The first-order valence-corrected chi connectivity index (χ1v) is 6.95. The second-order valence-corrected chi connectivity index (χ2v) is 6.29. The Kier molecular flexibility index (Phi) is 3.93. The summed E-state index contributed by atoms with van der Waals surface area (Å²) in [5.41, 5.74) is 1.15. The van der Waals surface area contributed by atoms with E-state index in [1.54, 1.807) is 32.5 Å². The molecule has 0 radical (unpaired) electrons. The van der Waals surface area contributed by atoms with Crippen LogP contribution in [0, 0.1) is 0 Å². The molecule has 1 aromatic heterocycles. The van der Waals surface area contributed by atoms with Crippen LogP contribution in [0.4, 0.5) is 4.79 Å². The van der Waals surface area contributed by atoms with Crippen LogP contribution in [0.25, 0.3) is 0 Å². The third kappa shape index (κ3) is 3.53. The zero-order chi connectivity index (χ0) is 15.8. The van der Waals surface area contributed by atoms with Crippen LogP contribution in [0.5, 0.6) is 0 Å². The van der Waals surface area contributed by atoms with Crippen molar-refractivity contribution < 1.29 is 19.4 Å². The van der Waals surface area contributed by atoms with Gasteiger partial charge in [-0.2, -0.15) is 5.10 Å². The van der Waals surface area contributed by atoms with Crippen LogP contribution >= 0.6 is 0 Å². The van der Waals surface area contributed by atoms with E-state index in [2.05, 4.69) is 10.4 Å².